The molecule has 2 heterocycles. The number of piperidine rings is 1. The van der Waals surface area contributed by atoms with E-state index in [0.29, 0.717) is 0 Å². The summed E-state index contributed by atoms with van der Waals surface area (Å²) in [7, 11) is 0. The molecule has 1 fully saturated rings. The third-order valence-corrected chi connectivity index (χ3v) is 4.34. The SMILES string of the molecule is CC(C)CNCC1CCN(Cc2ccc(Br)cn2)CC1. The summed E-state index contributed by atoms with van der Waals surface area (Å²) in [6.07, 6.45) is 4.50. The van der Waals surface area contributed by atoms with Gasteiger partial charge in [0, 0.05) is 17.2 Å². The minimum absolute atomic E-state index is 0.749. The van der Waals surface area contributed by atoms with E-state index in [-0.39, 0.29) is 0 Å². The molecule has 1 aliphatic heterocycles. The second-order valence-electron chi connectivity index (χ2n) is 6.24. The van der Waals surface area contributed by atoms with Crippen LogP contribution >= 0.6 is 15.9 Å². The molecular formula is C16H26BrN3. The monoisotopic (exact) mass is 339 g/mol. The molecule has 4 heteroatoms. The molecule has 0 spiro atoms. The maximum atomic E-state index is 4.46. The van der Waals surface area contributed by atoms with Gasteiger partial charge in [0.15, 0.2) is 0 Å². The highest BCUT2D eigenvalue weighted by Gasteiger charge is 2.19. The van der Waals surface area contributed by atoms with Gasteiger partial charge >= 0.3 is 0 Å². The Morgan fingerprint density at radius 1 is 1.35 bits per heavy atom. The first-order valence-electron chi connectivity index (χ1n) is 7.67. The number of hydrogen-bond acceptors (Lipinski definition) is 3. The molecule has 1 aromatic rings. The zero-order valence-corrected chi connectivity index (χ0v) is 14.2. The summed E-state index contributed by atoms with van der Waals surface area (Å²) < 4.78 is 1.05. The second-order valence-corrected chi connectivity index (χ2v) is 7.16. The molecule has 0 amide bonds. The Kier molecular flexibility index (Phi) is 6.46. The highest BCUT2D eigenvalue weighted by molar-refractivity contribution is 9.10. The lowest BCUT2D eigenvalue weighted by atomic mass is 9.96. The minimum Gasteiger partial charge on any atom is -0.316 e. The Hall–Kier alpha value is -0.450. The molecule has 0 unspecified atom stereocenters. The number of aromatic nitrogens is 1. The van der Waals surface area contributed by atoms with E-state index in [4.69, 9.17) is 0 Å². The third kappa shape index (κ3) is 5.51. The van der Waals surface area contributed by atoms with E-state index in [1.807, 2.05) is 6.20 Å². The first-order chi connectivity index (χ1) is 9.63. The maximum Gasteiger partial charge on any atom is 0.0544 e. The minimum atomic E-state index is 0.749. The van der Waals surface area contributed by atoms with Crippen LogP contribution in [0.25, 0.3) is 0 Å². The molecule has 1 saturated heterocycles. The van der Waals surface area contributed by atoms with Crippen LogP contribution in [0.2, 0.25) is 0 Å². The van der Waals surface area contributed by atoms with Crippen molar-refractivity contribution in [2.75, 3.05) is 26.2 Å². The molecule has 0 aliphatic carbocycles. The van der Waals surface area contributed by atoms with Crippen molar-refractivity contribution in [1.82, 2.24) is 15.2 Å². The van der Waals surface area contributed by atoms with E-state index in [1.54, 1.807) is 0 Å². The largest absolute Gasteiger partial charge is 0.316 e. The van der Waals surface area contributed by atoms with Gasteiger partial charge in [-0.15, -0.1) is 0 Å². The van der Waals surface area contributed by atoms with Gasteiger partial charge in [-0.3, -0.25) is 9.88 Å². The first-order valence-corrected chi connectivity index (χ1v) is 8.46. The molecule has 1 aliphatic rings. The van der Waals surface area contributed by atoms with Crippen molar-refractivity contribution in [3.63, 3.8) is 0 Å². The van der Waals surface area contributed by atoms with Crippen molar-refractivity contribution in [2.45, 2.75) is 33.2 Å². The van der Waals surface area contributed by atoms with Crippen LogP contribution in [0.4, 0.5) is 0 Å². The van der Waals surface area contributed by atoms with E-state index < -0.39 is 0 Å². The second kappa shape index (κ2) is 8.11. The Morgan fingerprint density at radius 2 is 2.10 bits per heavy atom. The van der Waals surface area contributed by atoms with E-state index in [1.165, 1.54) is 38.2 Å². The summed E-state index contributed by atoms with van der Waals surface area (Å²) in [4.78, 5) is 6.98. The molecule has 2 rings (SSSR count). The van der Waals surface area contributed by atoms with Crippen LogP contribution in [0.3, 0.4) is 0 Å². The predicted molar refractivity (Wildman–Crippen MR) is 87.6 cm³/mol. The van der Waals surface area contributed by atoms with Crippen LogP contribution in [0.15, 0.2) is 22.8 Å². The number of nitrogens with one attached hydrogen (secondary N) is 1. The summed E-state index contributed by atoms with van der Waals surface area (Å²) in [5.74, 6) is 1.60. The number of nitrogens with zero attached hydrogens (tertiary/aromatic N) is 2. The molecule has 0 radical (unpaired) electrons. The molecule has 112 valence electrons. The lowest BCUT2D eigenvalue weighted by Crippen LogP contribution is -2.37. The van der Waals surface area contributed by atoms with Gasteiger partial charge in [-0.1, -0.05) is 13.8 Å². The summed E-state index contributed by atoms with van der Waals surface area (Å²) in [5.41, 5.74) is 1.17. The number of halogens is 1. The summed E-state index contributed by atoms with van der Waals surface area (Å²) >= 11 is 3.43. The molecular weight excluding hydrogens is 314 g/mol. The lowest BCUT2D eigenvalue weighted by Gasteiger charge is -2.32. The Morgan fingerprint density at radius 3 is 2.70 bits per heavy atom. The molecule has 0 bridgehead atoms. The van der Waals surface area contributed by atoms with Gasteiger partial charge < -0.3 is 5.32 Å². The quantitative estimate of drug-likeness (QED) is 0.861. The third-order valence-electron chi connectivity index (χ3n) is 3.87. The fourth-order valence-corrected chi connectivity index (χ4v) is 2.89. The zero-order chi connectivity index (χ0) is 14.4. The predicted octanol–water partition coefficient (Wildman–Crippen LogP) is 3.30. The molecule has 0 saturated carbocycles. The fraction of sp³-hybridized carbons (Fsp3) is 0.688. The number of hydrogen-bond donors (Lipinski definition) is 1. The lowest BCUT2D eigenvalue weighted by molar-refractivity contribution is 0.173. The Labute approximate surface area is 131 Å². The fourth-order valence-electron chi connectivity index (χ4n) is 2.65. The van der Waals surface area contributed by atoms with E-state index in [9.17, 15) is 0 Å². The standard InChI is InChI=1S/C16H26BrN3/c1-13(2)9-18-10-14-5-7-20(8-6-14)12-16-4-3-15(17)11-19-16/h3-4,11,13-14,18H,5-10,12H2,1-2H3. The van der Waals surface area contributed by atoms with Gasteiger partial charge in [-0.05, 0) is 78.9 Å². The van der Waals surface area contributed by atoms with E-state index >= 15 is 0 Å². The summed E-state index contributed by atoms with van der Waals surface area (Å²) in [5, 5.41) is 3.59. The van der Waals surface area contributed by atoms with Crippen LogP contribution in [-0.2, 0) is 6.54 Å². The van der Waals surface area contributed by atoms with Crippen LogP contribution in [0.5, 0.6) is 0 Å². The molecule has 1 aromatic heterocycles. The Balaban J connectivity index is 1.67. The van der Waals surface area contributed by atoms with Crippen molar-refractivity contribution in [1.29, 1.82) is 0 Å². The molecule has 0 atom stereocenters. The highest BCUT2D eigenvalue weighted by Crippen LogP contribution is 2.18. The average Bonchev–Trinajstić information content (AvgIpc) is 2.43. The van der Waals surface area contributed by atoms with Crippen molar-refractivity contribution in [3.8, 4) is 0 Å². The van der Waals surface area contributed by atoms with Gasteiger partial charge in [-0.2, -0.15) is 0 Å². The van der Waals surface area contributed by atoms with Gasteiger partial charge in [0.1, 0.15) is 0 Å². The number of rotatable bonds is 6. The Bertz CT molecular complexity index is 383. The zero-order valence-electron chi connectivity index (χ0n) is 12.6. The van der Waals surface area contributed by atoms with Crippen molar-refractivity contribution in [2.24, 2.45) is 11.8 Å². The van der Waals surface area contributed by atoms with E-state index in [2.05, 4.69) is 57.1 Å². The van der Waals surface area contributed by atoms with Crippen LogP contribution < -0.4 is 5.32 Å². The molecule has 1 N–H and O–H groups in total. The van der Waals surface area contributed by atoms with Crippen LogP contribution in [0.1, 0.15) is 32.4 Å². The highest BCUT2D eigenvalue weighted by atomic mass is 79.9. The van der Waals surface area contributed by atoms with Crippen molar-refractivity contribution >= 4 is 15.9 Å². The van der Waals surface area contributed by atoms with Gasteiger partial charge in [0.25, 0.3) is 0 Å². The topological polar surface area (TPSA) is 28.2 Å². The van der Waals surface area contributed by atoms with Gasteiger partial charge in [-0.25, -0.2) is 0 Å². The smallest absolute Gasteiger partial charge is 0.0544 e. The summed E-state index contributed by atoms with van der Waals surface area (Å²) in [6, 6.07) is 4.19. The first kappa shape index (κ1) is 15.9. The maximum absolute atomic E-state index is 4.46. The van der Waals surface area contributed by atoms with Crippen molar-refractivity contribution in [3.05, 3.63) is 28.5 Å². The number of pyridine rings is 1. The van der Waals surface area contributed by atoms with Crippen LogP contribution in [-0.4, -0.2) is 36.1 Å². The van der Waals surface area contributed by atoms with Crippen molar-refractivity contribution < 1.29 is 0 Å². The molecule has 3 nitrogen and oxygen atoms in total. The van der Waals surface area contributed by atoms with Crippen LogP contribution in [0, 0.1) is 11.8 Å². The van der Waals surface area contributed by atoms with Gasteiger partial charge in [0.05, 0.1) is 5.69 Å². The average molecular weight is 340 g/mol. The van der Waals surface area contributed by atoms with Gasteiger partial charge in [0.2, 0.25) is 0 Å². The summed E-state index contributed by atoms with van der Waals surface area (Å²) in [6.45, 7) is 10.2. The van der Waals surface area contributed by atoms with E-state index in [0.717, 1.165) is 29.4 Å². The number of likely N-dealkylation sites (tertiary alicyclic amines) is 1. The molecule has 0 aromatic carbocycles. The normalized spacial score (nSPS) is 17.8. The molecule has 20 heavy (non-hydrogen) atoms.